The van der Waals surface area contributed by atoms with Crippen LogP contribution in [0.3, 0.4) is 0 Å². The molecule has 3 rings (SSSR count). The van der Waals surface area contributed by atoms with E-state index in [0.29, 0.717) is 29.8 Å². The number of carbonyl (C=O) groups excluding carboxylic acids is 1. The Bertz CT molecular complexity index is 730. The number of aromatic amines is 1. The van der Waals surface area contributed by atoms with E-state index in [1.165, 1.54) is 0 Å². The Morgan fingerprint density at radius 1 is 1.38 bits per heavy atom. The minimum atomic E-state index is -0.0307. The molecule has 0 aliphatic carbocycles. The standard InChI is InChI=1S/C17H21N3O3S/c1-10(2)8-23-13-5-4-11(6-14(13)22-3)16-12-7-18-20-17(12)19-15(21)9-24-16/h4-7,10,16H,8-9H2,1-3H3,(H2,18,19,20,21). The topological polar surface area (TPSA) is 76.2 Å². The molecule has 0 fully saturated rings. The van der Waals surface area contributed by atoms with Crippen molar-refractivity contribution in [3.63, 3.8) is 0 Å². The molecule has 0 saturated carbocycles. The second-order valence-electron chi connectivity index (χ2n) is 6.05. The minimum absolute atomic E-state index is 0.00532. The predicted octanol–water partition coefficient (Wildman–Crippen LogP) is 3.23. The lowest BCUT2D eigenvalue weighted by Crippen LogP contribution is -2.12. The van der Waals surface area contributed by atoms with Gasteiger partial charge >= 0.3 is 0 Å². The molecule has 1 aromatic carbocycles. The summed E-state index contributed by atoms with van der Waals surface area (Å²) in [5, 5.41) is 9.75. The van der Waals surface area contributed by atoms with Crippen molar-refractivity contribution in [2.75, 3.05) is 24.8 Å². The fraction of sp³-hybridized carbons (Fsp3) is 0.412. The highest BCUT2D eigenvalue weighted by Gasteiger charge is 2.26. The highest BCUT2D eigenvalue weighted by molar-refractivity contribution is 8.00. The molecule has 1 aromatic heterocycles. The summed E-state index contributed by atoms with van der Waals surface area (Å²) < 4.78 is 11.3. The Morgan fingerprint density at radius 3 is 2.96 bits per heavy atom. The zero-order chi connectivity index (χ0) is 17.1. The van der Waals surface area contributed by atoms with E-state index in [1.54, 1.807) is 25.1 Å². The van der Waals surface area contributed by atoms with E-state index in [-0.39, 0.29) is 11.2 Å². The lowest BCUT2D eigenvalue weighted by Gasteiger charge is -2.17. The third-order valence-electron chi connectivity index (χ3n) is 3.66. The fourth-order valence-electron chi connectivity index (χ4n) is 2.52. The van der Waals surface area contributed by atoms with Gasteiger partial charge in [-0.3, -0.25) is 9.89 Å². The normalized spacial score (nSPS) is 17.2. The molecule has 128 valence electrons. The Morgan fingerprint density at radius 2 is 2.21 bits per heavy atom. The number of H-pyrrole nitrogens is 1. The second-order valence-corrected chi connectivity index (χ2v) is 7.15. The molecule has 0 saturated heterocycles. The van der Waals surface area contributed by atoms with Gasteiger partial charge < -0.3 is 14.8 Å². The molecule has 0 spiro atoms. The summed E-state index contributed by atoms with van der Waals surface area (Å²) in [6.07, 6.45) is 1.76. The van der Waals surface area contributed by atoms with Crippen LogP contribution in [0, 0.1) is 5.92 Å². The molecule has 1 atom stereocenters. The number of fused-ring (bicyclic) bond motifs is 1. The van der Waals surface area contributed by atoms with E-state index < -0.39 is 0 Å². The van der Waals surface area contributed by atoms with Crippen molar-refractivity contribution in [2.45, 2.75) is 19.1 Å². The lowest BCUT2D eigenvalue weighted by molar-refractivity contribution is -0.113. The molecule has 1 aliphatic heterocycles. The molecule has 2 heterocycles. The van der Waals surface area contributed by atoms with Crippen LogP contribution in [0.2, 0.25) is 0 Å². The van der Waals surface area contributed by atoms with Gasteiger partial charge in [-0.25, -0.2) is 0 Å². The van der Waals surface area contributed by atoms with Crippen LogP contribution >= 0.6 is 11.8 Å². The number of rotatable bonds is 5. The molecule has 2 N–H and O–H groups in total. The molecule has 24 heavy (non-hydrogen) atoms. The first-order valence-electron chi connectivity index (χ1n) is 7.84. The maximum Gasteiger partial charge on any atom is 0.235 e. The fourth-order valence-corrected chi connectivity index (χ4v) is 3.60. The number of nitrogens with one attached hydrogen (secondary N) is 2. The summed E-state index contributed by atoms with van der Waals surface area (Å²) in [5.41, 5.74) is 2.01. The maximum atomic E-state index is 11.8. The number of anilines is 1. The number of nitrogens with zero attached hydrogens (tertiary/aromatic N) is 1. The van der Waals surface area contributed by atoms with E-state index >= 15 is 0 Å². The van der Waals surface area contributed by atoms with Gasteiger partial charge in [0.05, 0.1) is 30.9 Å². The van der Waals surface area contributed by atoms with Crippen molar-refractivity contribution < 1.29 is 14.3 Å². The van der Waals surface area contributed by atoms with Gasteiger partial charge in [0.1, 0.15) is 5.82 Å². The number of hydrogen-bond donors (Lipinski definition) is 2. The monoisotopic (exact) mass is 347 g/mol. The number of ether oxygens (including phenoxy) is 2. The van der Waals surface area contributed by atoms with E-state index in [9.17, 15) is 4.79 Å². The number of carbonyl (C=O) groups is 1. The Kier molecular flexibility index (Phi) is 4.99. The molecule has 2 aromatic rings. The number of thioether (sulfide) groups is 1. The average molecular weight is 347 g/mol. The Labute approximate surface area is 145 Å². The van der Waals surface area contributed by atoms with Crippen molar-refractivity contribution in [2.24, 2.45) is 5.92 Å². The number of aromatic nitrogens is 2. The van der Waals surface area contributed by atoms with Crippen LogP contribution in [-0.4, -0.2) is 35.6 Å². The van der Waals surface area contributed by atoms with Crippen LogP contribution in [0.4, 0.5) is 5.82 Å². The van der Waals surface area contributed by atoms with E-state index in [1.807, 2.05) is 18.2 Å². The summed E-state index contributed by atoms with van der Waals surface area (Å²) in [6, 6.07) is 5.92. The largest absolute Gasteiger partial charge is 0.493 e. The molecule has 1 amide bonds. The summed E-state index contributed by atoms with van der Waals surface area (Å²) in [4.78, 5) is 11.8. The van der Waals surface area contributed by atoms with Crippen LogP contribution in [-0.2, 0) is 4.79 Å². The van der Waals surface area contributed by atoms with Crippen LogP contribution < -0.4 is 14.8 Å². The summed E-state index contributed by atoms with van der Waals surface area (Å²) in [7, 11) is 1.63. The SMILES string of the molecule is COc1cc(C2SCC(=O)Nc3[nH]ncc32)ccc1OCC(C)C. The van der Waals surface area contributed by atoms with Crippen molar-refractivity contribution in [3.8, 4) is 11.5 Å². The van der Waals surface area contributed by atoms with Crippen molar-refractivity contribution in [1.29, 1.82) is 0 Å². The smallest absolute Gasteiger partial charge is 0.235 e. The number of methoxy groups -OCH3 is 1. The molecule has 1 aliphatic rings. The van der Waals surface area contributed by atoms with Gasteiger partial charge in [-0.15, -0.1) is 11.8 Å². The van der Waals surface area contributed by atoms with Crippen molar-refractivity contribution in [3.05, 3.63) is 35.5 Å². The quantitative estimate of drug-likeness (QED) is 0.868. The van der Waals surface area contributed by atoms with Crippen LogP contribution in [0.1, 0.15) is 30.2 Å². The third kappa shape index (κ3) is 3.51. The lowest BCUT2D eigenvalue weighted by atomic mass is 10.1. The van der Waals surface area contributed by atoms with Gasteiger partial charge in [0, 0.05) is 5.56 Å². The van der Waals surface area contributed by atoms with Crippen LogP contribution in [0.15, 0.2) is 24.4 Å². The maximum absolute atomic E-state index is 11.8. The highest BCUT2D eigenvalue weighted by atomic mass is 32.2. The predicted molar refractivity (Wildman–Crippen MR) is 94.8 cm³/mol. The Balaban J connectivity index is 1.91. The molecule has 1 unspecified atom stereocenters. The molecule has 6 nitrogen and oxygen atoms in total. The van der Waals surface area contributed by atoms with E-state index in [0.717, 1.165) is 16.9 Å². The number of amides is 1. The van der Waals surface area contributed by atoms with Crippen molar-refractivity contribution >= 4 is 23.5 Å². The van der Waals surface area contributed by atoms with Gasteiger partial charge in [0.2, 0.25) is 5.91 Å². The van der Waals surface area contributed by atoms with Crippen LogP contribution in [0.5, 0.6) is 11.5 Å². The first-order chi connectivity index (χ1) is 11.6. The summed E-state index contributed by atoms with van der Waals surface area (Å²) in [5.74, 6) is 2.89. The van der Waals surface area contributed by atoms with Crippen molar-refractivity contribution in [1.82, 2.24) is 10.2 Å². The van der Waals surface area contributed by atoms with Gasteiger partial charge in [-0.05, 0) is 23.6 Å². The van der Waals surface area contributed by atoms with Crippen LogP contribution in [0.25, 0.3) is 0 Å². The Hall–Kier alpha value is -2.15. The van der Waals surface area contributed by atoms with Gasteiger partial charge in [0.25, 0.3) is 0 Å². The molecular formula is C17H21N3O3S. The van der Waals surface area contributed by atoms with Gasteiger partial charge in [0.15, 0.2) is 11.5 Å². The summed E-state index contributed by atoms with van der Waals surface area (Å²) in [6.45, 7) is 4.85. The molecule has 0 bridgehead atoms. The second kappa shape index (κ2) is 7.17. The van der Waals surface area contributed by atoms with E-state index in [2.05, 4.69) is 29.4 Å². The highest BCUT2D eigenvalue weighted by Crippen LogP contribution is 2.42. The minimum Gasteiger partial charge on any atom is -0.493 e. The first kappa shape index (κ1) is 16.7. The molecular weight excluding hydrogens is 326 g/mol. The summed E-state index contributed by atoms with van der Waals surface area (Å²) >= 11 is 1.57. The van der Waals surface area contributed by atoms with Gasteiger partial charge in [-0.2, -0.15) is 5.10 Å². The first-order valence-corrected chi connectivity index (χ1v) is 8.88. The van der Waals surface area contributed by atoms with E-state index in [4.69, 9.17) is 9.47 Å². The number of hydrogen-bond acceptors (Lipinski definition) is 5. The zero-order valence-electron chi connectivity index (χ0n) is 14.0. The average Bonchev–Trinajstić information content (AvgIpc) is 2.95. The third-order valence-corrected chi connectivity index (χ3v) is 4.95. The number of benzene rings is 1. The molecule has 0 radical (unpaired) electrons. The van der Waals surface area contributed by atoms with Gasteiger partial charge in [-0.1, -0.05) is 19.9 Å². The molecule has 7 heteroatoms. The zero-order valence-corrected chi connectivity index (χ0v) is 14.8.